The number of thiazole rings is 1. The van der Waals surface area contributed by atoms with E-state index in [1.54, 1.807) is 16.4 Å². The van der Waals surface area contributed by atoms with Crippen LogP contribution in [0, 0.1) is 6.92 Å². The van der Waals surface area contributed by atoms with Gasteiger partial charge in [0.05, 0.1) is 15.1 Å². The van der Waals surface area contributed by atoms with Crippen molar-refractivity contribution in [3.05, 3.63) is 58.4 Å². The number of aryl methyl sites for hydroxylation is 2. The van der Waals surface area contributed by atoms with Crippen LogP contribution < -0.4 is 4.80 Å². The number of hydrogen-bond donors (Lipinski definition) is 0. The maximum absolute atomic E-state index is 13.1. The first-order valence-electron chi connectivity index (χ1n) is 11.0. The summed E-state index contributed by atoms with van der Waals surface area (Å²) in [7, 11) is -1.69. The van der Waals surface area contributed by atoms with Gasteiger partial charge in [-0.15, -0.1) is 0 Å². The van der Waals surface area contributed by atoms with Crippen LogP contribution in [0.4, 0.5) is 0 Å². The monoisotopic (exact) mass is 473 g/mol. The zero-order valence-corrected chi connectivity index (χ0v) is 20.8. The number of aromatic nitrogens is 1. The number of hydrogen-bond acceptors (Lipinski definition) is 4. The van der Waals surface area contributed by atoms with Crippen LogP contribution in [0.2, 0.25) is 0 Å². The first-order chi connectivity index (χ1) is 15.3. The van der Waals surface area contributed by atoms with Crippen molar-refractivity contribution in [2.75, 3.05) is 13.1 Å². The lowest BCUT2D eigenvalue weighted by molar-refractivity contribution is 0.0998. The van der Waals surface area contributed by atoms with Gasteiger partial charge in [0, 0.05) is 25.7 Å². The van der Waals surface area contributed by atoms with Crippen LogP contribution in [0.15, 0.2) is 52.4 Å². The highest BCUT2D eigenvalue weighted by Gasteiger charge is 2.23. The molecule has 2 aromatic carbocycles. The summed E-state index contributed by atoms with van der Waals surface area (Å²) in [5.74, 6) is -0.387. The Morgan fingerprint density at radius 3 is 2.22 bits per heavy atom. The molecule has 0 aliphatic carbocycles. The van der Waals surface area contributed by atoms with E-state index in [4.69, 9.17) is 0 Å². The second kappa shape index (κ2) is 10.6. The van der Waals surface area contributed by atoms with E-state index in [1.165, 1.54) is 23.5 Å². The van der Waals surface area contributed by atoms with Crippen LogP contribution in [-0.2, 0) is 17.1 Å². The normalized spacial score (nSPS) is 12.7. The van der Waals surface area contributed by atoms with E-state index in [1.807, 2.05) is 50.6 Å². The van der Waals surface area contributed by atoms with Gasteiger partial charge in [-0.1, -0.05) is 50.2 Å². The van der Waals surface area contributed by atoms with Gasteiger partial charge in [0.25, 0.3) is 5.91 Å². The molecule has 0 fully saturated rings. The lowest BCUT2D eigenvalue weighted by Gasteiger charge is -2.22. The second-order valence-corrected chi connectivity index (χ2v) is 10.9. The van der Waals surface area contributed by atoms with Crippen molar-refractivity contribution < 1.29 is 13.2 Å². The van der Waals surface area contributed by atoms with Gasteiger partial charge in [-0.2, -0.15) is 9.30 Å². The van der Waals surface area contributed by atoms with Gasteiger partial charge in [-0.3, -0.25) is 4.79 Å². The molecule has 32 heavy (non-hydrogen) atoms. The quantitative estimate of drug-likeness (QED) is 0.445. The van der Waals surface area contributed by atoms with Crippen molar-refractivity contribution >= 4 is 37.5 Å². The number of rotatable bonds is 9. The van der Waals surface area contributed by atoms with Crippen molar-refractivity contribution in [2.24, 2.45) is 12.0 Å². The summed E-state index contributed by atoms with van der Waals surface area (Å²) >= 11 is 1.46. The highest BCUT2D eigenvalue weighted by molar-refractivity contribution is 7.89. The van der Waals surface area contributed by atoms with E-state index in [9.17, 15) is 13.2 Å². The molecule has 0 unspecified atom stereocenters. The Labute approximate surface area is 194 Å². The number of sulfonamides is 1. The Morgan fingerprint density at radius 1 is 1.03 bits per heavy atom. The molecule has 0 N–H and O–H groups in total. The van der Waals surface area contributed by atoms with E-state index in [0.29, 0.717) is 23.5 Å². The lowest BCUT2D eigenvalue weighted by Crippen LogP contribution is -2.33. The maximum Gasteiger partial charge on any atom is 0.279 e. The van der Waals surface area contributed by atoms with E-state index in [0.717, 1.165) is 41.5 Å². The standard InChI is InChI=1S/C24H31N3O3S2/c1-5-7-16-27(17-8-6-2)32(29,30)20-14-12-19(13-15-20)23(28)25-24-26(4)22-18(3)10-9-11-21(22)31-24/h9-15H,5-8,16-17H2,1-4H3. The first-order valence-corrected chi connectivity index (χ1v) is 13.3. The Kier molecular flexibility index (Phi) is 8.03. The molecular formula is C24H31N3O3S2. The zero-order chi connectivity index (χ0) is 23.3. The number of carbonyl (C=O) groups excluding carboxylic acids is 1. The molecule has 0 radical (unpaired) electrons. The molecule has 0 bridgehead atoms. The van der Waals surface area contributed by atoms with Gasteiger partial charge in [-0.25, -0.2) is 8.42 Å². The predicted molar refractivity (Wildman–Crippen MR) is 130 cm³/mol. The summed E-state index contributed by atoms with van der Waals surface area (Å²) in [6, 6.07) is 12.2. The third-order valence-electron chi connectivity index (χ3n) is 5.48. The second-order valence-electron chi connectivity index (χ2n) is 7.92. The molecule has 0 saturated heterocycles. The molecule has 0 saturated carbocycles. The summed E-state index contributed by atoms with van der Waals surface area (Å²) in [5.41, 5.74) is 2.55. The van der Waals surface area contributed by atoms with Gasteiger partial charge in [0.1, 0.15) is 0 Å². The Morgan fingerprint density at radius 2 is 1.66 bits per heavy atom. The Hall–Kier alpha value is -2.29. The van der Waals surface area contributed by atoms with E-state index >= 15 is 0 Å². The molecule has 172 valence electrons. The van der Waals surface area contributed by atoms with Gasteiger partial charge in [0.15, 0.2) is 4.80 Å². The molecule has 8 heteroatoms. The largest absolute Gasteiger partial charge is 0.319 e. The minimum Gasteiger partial charge on any atom is -0.319 e. The molecular weight excluding hydrogens is 442 g/mol. The summed E-state index contributed by atoms with van der Waals surface area (Å²) in [6.07, 6.45) is 3.51. The molecule has 1 heterocycles. The number of benzene rings is 2. The molecule has 0 spiro atoms. The molecule has 0 aliphatic heterocycles. The smallest absolute Gasteiger partial charge is 0.279 e. The van der Waals surface area contributed by atoms with Gasteiger partial charge in [0.2, 0.25) is 10.0 Å². The summed E-state index contributed by atoms with van der Waals surface area (Å²) in [4.78, 5) is 17.9. The van der Waals surface area contributed by atoms with Crippen LogP contribution in [0.5, 0.6) is 0 Å². The van der Waals surface area contributed by atoms with E-state index in [-0.39, 0.29) is 10.8 Å². The van der Waals surface area contributed by atoms with Crippen molar-refractivity contribution in [1.29, 1.82) is 0 Å². The number of nitrogens with zero attached hydrogens (tertiary/aromatic N) is 3. The van der Waals surface area contributed by atoms with Crippen LogP contribution in [0.25, 0.3) is 10.2 Å². The molecule has 1 aromatic heterocycles. The fourth-order valence-electron chi connectivity index (χ4n) is 3.60. The molecule has 3 rings (SSSR count). The maximum atomic E-state index is 13.1. The SMILES string of the molecule is CCCCN(CCCC)S(=O)(=O)c1ccc(C(=O)N=c2sc3cccc(C)c3n2C)cc1. The zero-order valence-electron chi connectivity index (χ0n) is 19.2. The number of carbonyl (C=O) groups is 1. The summed E-state index contributed by atoms with van der Waals surface area (Å²) < 4.78 is 30.8. The highest BCUT2D eigenvalue weighted by Crippen LogP contribution is 2.21. The molecule has 6 nitrogen and oxygen atoms in total. The Balaban J connectivity index is 1.88. The van der Waals surface area contributed by atoms with Gasteiger partial charge in [-0.05, 0) is 55.7 Å². The third-order valence-corrected chi connectivity index (χ3v) is 8.49. The van der Waals surface area contributed by atoms with Crippen molar-refractivity contribution in [3.63, 3.8) is 0 Å². The predicted octanol–water partition coefficient (Wildman–Crippen LogP) is 4.88. The van der Waals surface area contributed by atoms with Crippen molar-refractivity contribution in [3.8, 4) is 0 Å². The van der Waals surface area contributed by atoms with Crippen LogP contribution in [0.3, 0.4) is 0 Å². The first kappa shape index (κ1) is 24.4. The number of para-hydroxylation sites is 1. The van der Waals surface area contributed by atoms with E-state index < -0.39 is 10.0 Å². The fraction of sp³-hybridized carbons (Fsp3) is 0.417. The average molecular weight is 474 g/mol. The molecule has 3 aromatic rings. The van der Waals surface area contributed by atoms with Crippen LogP contribution >= 0.6 is 11.3 Å². The number of unbranched alkanes of at least 4 members (excludes halogenated alkanes) is 2. The van der Waals surface area contributed by atoms with Gasteiger partial charge < -0.3 is 4.57 Å². The van der Waals surface area contributed by atoms with Gasteiger partial charge >= 0.3 is 0 Å². The third kappa shape index (κ3) is 5.19. The topological polar surface area (TPSA) is 71.7 Å². The fourth-order valence-corrected chi connectivity index (χ4v) is 6.21. The average Bonchev–Trinajstić information content (AvgIpc) is 3.10. The lowest BCUT2D eigenvalue weighted by atomic mass is 10.2. The highest BCUT2D eigenvalue weighted by atomic mass is 32.2. The van der Waals surface area contributed by atoms with E-state index in [2.05, 4.69) is 4.99 Å². The van der Waals surface area contributed by atoms with Crippen LogP contribution in [-0.4, -0.2) is 36.3 Å². The molecule has 0 aliphatic rings. The minimum absolute atomic E-state index is 0.212. The molecule has 1 amide bonds. The summed E-state index contributed by atoms with van der Waals surface area (Å²) in [5, 5.41) is 0. The molecule has 0 atom stereocenters. The Bertz CT molecular complexity index is 1250. The number of amides is 1. The van der Waals surface area contributed by atoms with Crippen molar-refractivity contribution in [1.82, 2.24) is 8.87 Å². The van der Waals surface area contributed by atoms with Crippen molar-refractivity contribution in [2.45, 2.75) is 51.3 Å². The number of fused-ring (bicyclic) bond motifs is 1. The van der Waals surface area contributed by atoms with Crippen LogP contribution in [0.1, 0.15) is 55.5 Å². The minimum atomic E-state index is -3.59. The summed E-state index contributed by atoms with van der Waals surface area (Å²) in [6.45, 7) is 7.15.